The number of carbonyl (C=O) groups excluding carboxylic acids is 1. The van der Waals surface area contributed by atoms with Gasteiger partial charge in [-0.1, -0.05) is 6.92 Å². The van der Waals surface area contributed by atoms with Crippen LogP contribution in [0, 0.1) is 5.92 Å². The summed E-state index contributed by atoms with van der Waals surface area (Å²) in [6.45, 7) is 11.1. The lowest BCUT2D eigenvalue weighted by atomic mass is 10.1. The zero-order valence-corrected chi connectivity index (χ0v) is 10.3. The molecule has 0 spiro atoms. The maximum Gasteiger partial charge on any atom is 0.209 e. The highest BCUT2D eigenvalue weighted by Crippen LogP contribution is 2.17. The molecular weight excluding hydrogens is 202 g/mol. The number of hydrogen-bond acceptors (Lipinski definition) is 3. The Morgan fingerprint density at radius 1 is 1.12 bits per heavy atom. The van der Waals surface area contributed by atoms with Gasteiger partial charge in [-0.3, -0.25) is 9.69 Å². The molecule has 0 aromatic heterocycles. The molecule has 1 amide bonds. The molecule has 0 N–H and O–H groups in total. The maximum absolute atomic E-state index is 10.6. The third kappa shape index (κ3) is 2.95. The third-order valence-electron chi connectivity index (χ3n) is 3.89. The molecule has 0 bridgehead atoms. The molecule has 4 nitrogen and oxygen atoms in total. The molecule has 16 heavy (non-hydrogen) atoms. The van der Waals surface area contributed by atoms with E-state index in [1.807, 2.05) is 4.90 Å². The Hall–Kier alpha value is -0.610. The Morgan fingerprint density at radius 3 is 2.44 bits per heavy atom. The van der Waals surface area contributed by atoms with Gasteiger partial charge in [0.15, 0.2) is 0 Å². The minimum atomic E-state index is 0.850. The summed E-state index contributed by atoms with van der Waals surface area (Å²) < 4.78 is 0. The molecule has 2 aliphatic rings. The molecule has 2 rings (SSSR count). The van der Waals surface area contributed by atoms with Crippen molar-refractivity contribution >= 4 is 6.41 Å². The largest absolute Gasteiger partial charge is 0.343 e. The van der Waals surface area contributed by atoms with Gasteiger partial charge in [-0.2, -0.15) is 0 Å². The highest BCUT2D eigenvalue weighted by molar-refractivity contribution is 5.47. The second-order valence-electron chi connectivity index (χ2n) is 4.99. The van der Waals surface area contributed by atoms with Crippen LogP contribution in [0.4, 0.5) is 0 Å². The van der Waals surface area contributed by atoms with Gasteiger partial charge in [0.2, 0.25) is 6.41 Å². The molecule has 1 unspecified atom stereocenters. The zero-order valence-electron chi connectivity index (χ0n) is 10.3. The molecule has 2 heterocycles. The Labute approximate surface area is 98.2 Å². The van der Waals surface area contributed by atoms with Crippen molar-refractivity contribution in [1.82, 2.24) is 14.7 Å². The number of rotatable bonds is 4. The smallest absolute Gasteiger partial charge is 0.209 e. The first-order valence-corrected chi connectivity index (χ1v) is 6.46. The second kappa shape index (κ2) is 5.64. The molecule has 0 aromatic rings. The lowest BCUT2D eigenvalue weighted by molar-refractivity contribution is -0.119. The van der Waals surface area contributed by atoms with Gasteiger partial charge in [-0.15, -0.1) is 0 Å². The minimum Gasteiger partial charge on any atom is -0.343 e. The quantitative estimate of drug-likeness (QED) is 0.635. The van der Waals surface area contributed by atoms with E-state index >= 15 is 0 Å². The summed E-state index contributed by atoms with van der Waals surface area (Å²) in [5, 5.41) is 0. The average molecular weight is 225 g/mol. The normalized spacial score (nSPS) is 28.6. The van der Waals surface area contributed by atoms with Crippen molar-refractivity contribution in [2.75, 3.05) is 52.4 Å². The summed E-state index contributed by atoms with van der Waals surface area (Å²) >= 11 is 0. The van der Waals surface area contributed by atoms with Crippen LogP contribution in [-0.2, 0) is 4.79 Å². The second-order valence-corrected chi connectivity index (χ2v) is 4.99. The first-order chi connectivity index (χ1) is 7.81. The predicted molar refractivity (Wildman–Crippen MR) is 64.3 cm³/mol. The molecular formula is C12H23N3O. The van der Waals surface area contributed by atoms with E-state index in [-0.39, 0.29) is 0 Å². The van der Waals surface area contributed by atoms with Crippen molar-refractivity contribution in [2.24, 2.45) is 5.92 Å². The summed E-state index contributed by atoms with van der Waals surface area (Å²) in [5.41, 5.74) is 0. The van der Waals surface area contributed by atoms with Crippen molar-refractivity contribution < 1.29 is 4.79 Å². The molecule has 92 valence electrons. The number of hydrogen-bond donors (Lipinski definition) is 0. The number of carbonyl (C=O) groups is 1. The number of amides is 1. The third-order valence-corrected chi connectivity index (χ3v) is 3.89. The Kier molecular flexibility index (Phi) is 4.18. The molecule has 2 fully saturated rings. The van der Waals surface area contributed by atoms with Gasteiger partial charge < -0.3 is 9.80 Å². The van der Waals surface area contributed by atoms with Crippen molar-refractivity contribution in [3.05, 3.63) is 0 Å². The zero-order chi connectivity index (χ0) is 11.4. The van der Waals surface area contributed by atoms with E-state index in [0.717, 1.165) is 38.5 Å². The van der Waals surface area contributed by atoms with Crippen LogP contribution >= 0.6 is 0 Å². The molecule has 2 aliphatic heterocycles. The van der Waals surface area contributed by atoms with Gasteiger partial charge >= 0.3 is 0 Å². The molecule has 0 aromatic carbocycles. The number of likely N-dealkylation sites (tertiary alicyclic amines) is 1. The highest BCUT2D eigenvalue weighted by atomic mass is 16.1. The van der Waals surface area contributed by atoms with E-state index in [2.05, 4.69) is 16.7 Å². The molecule has 4 heteroatoms. The summed E-state index contributed by atoms with van der Waals surface area (Å²) in [4.78, 5) is 17.5. The van der Waals surface area contributed by atoms with Gasteiger partial charge in [0.25, 0.3) is 0 Å². The molecule has 0 saturated carbocycles. The number of nitrogens with zero attached hydrogens (tertiary/aromatic N) is 3. The predicted octanol–water partition coefficient (Wildman–Crippen LogP) is 0.102. The van der Waals surface area contributed by atoms with Crippen molar-refractivity contribution in [3.8, 4) is 0 Å². The van der Waals surface area contributed by atoms with Crippen LogP contribution in [0.1, 0.15) is 13.3 Å². The minimum absolute atomic E-state index is 0.850. The molecule has 0 radical (unpaired) electrons. The summed E-state index contributed by atoms with van der Waals surface area (Å²) in [6, 6.07) is 0. The van der Waals surface area contributed by atoms with E-state index in [1.54, 1.807) is 0 Å². The Morgan fingerprint density at radius 2 is 1.88 bits per heavy atom. The first kappa shape index (κ1) is 11.9. The van der Waals surface area contributed by atoms with Crippen LogP contribution in [0.15, 0.2) is 0 Å². The van der Waals surface area contributed by atoms with Crippen LogP contribution in [-0.4, -0.2) is 73.5 Å². The maximum atomic E-state index is 10.6. The SMILES string of the molecule is CCN1CCC(CN2CCN(C=O)CC2)C1. The van der Waals surface area contributed by atoms with Crippen molar-refractivity contribution in [2.45, 2.75) is 13.3 Å². The summed E-state index contributed by atoms with van der Waals surface area (Å²) in [5.74, 6) is 0.850. The topological polar surface area (TPSA) is 26.8 Å². The van der Waals surface area contributed by atoms with Crippen LogP contribution in [0.2, 0.25) is 0 Å². The lowest BCUT2D eigenvalue weighted by Crippen LogP contribution is -2.47. The standard InChI is InChI=1S/C12H23N3O/c1-2-13-4-3-12(9-13)10-14-5-7-15(11-16)8-6-14/h11-12H,2-10H2,1H3. The van der Waals surface area contributed by atoms with E-state index in [9.17, 15) is 4.79 Å². The fourth-order valence-electron chi connectivity index (χ4n) is 2.77. The van der Waals surface area contributed by atoms with E-state index in [1.165, 1.54) is 32.6 Å². The lowest BCUT2D eigenvalue weighted by Gasteiger charge is -2.34. The summed E-state index contributed by atoms with van der Waals surface area (Å²) in [6.07, 6.45) is 2.33. The van der Waals surface area contributed by atoms with Crippen molar-refractivity contribution in [1.29, 1.82) is 0 Å². The van der Waals surface area contributed by atoms with Crippen LogP contribution in [0.5, 0.6) is 0 Å². The average Bonchev–Trinajstić information content (AvgIpc) is 2.78. The van der Waals surface area contributed by atoms with E-state index in [0.29, 0.717) is 0 Å². The van der Waals surface area contributed by atoms with E-state index < -0.39 is 0 Å². The van der Waals surface area contributed by atoms with Crippen molar-refractivity contribution in [3.63, 3.8) is 0 Å². The van der Waals surface area contributed by atoms with Gasteiger partial charge in [-0.25, -0.2) is 0 Å². The Balaban J connectivity index is 1.69. The highest BCUT2D eigenvalue weighted by Gasteiger charge is 2.24. The number of piperazine rings is 1. The van der Waals surface area contributed by atoms with E-state index in [4.69, 9.17) is 0 Å². The molecule has 0 aliphatic carbocycles. The van der Waals surface area contributed by atoms with Gasteiger partial charge in [0, 0.05) is 39.3 Å². The van der Waals surface area contributed by atoms with Gasteiger partial charge in [-0.05, 0) is 25.4 Å². The van der Waals surface area contributed by atoms with Crippen LogP contribution in [0.25, 0.3) is 0 Å². The molecule has 1 atom stereocenters. The fourth-order valence-corrected chi connectivity index (χ4v) is 2.77. The first-order valence-electron chi connectivity index (χ1n) is 6.46. The monoisotopic (exact) mass is 225 g/mol. The molecule has 2 saturated heterocycles. The van der Waals surface area contributed by atoms with Gasteiger partial charge in [0.05, 0.1) is 0 Å². The van der Waals surface area contributed by atoms with Crippen LogP contribution < -0.4 is 0 Å². The van der Waals surface area contributed by atoms with Crippen LogP contribution in [0.3, 0.4) is 0 Å². The summed E-state index contributed by atoms with van der Waals surface area (Å²) in [7, 11) is 0. The van der Waals surface area contributed by atoms with Gasteiger partial charge in [0.1, 0.15) is 0 Å². The Bertz CT molecular complexity index is 226. The fraction of sp³-hybridized carbons (Fsp3) is 0.917.